The van der Waals surface area contributed by atoms with Crippen LogP contribution in [0.1, 0.15) is 37.8 Å². The van der Waals surface area contributed by atoms with E-state index in [9.17, 15) is 14.0 Å². The van der Waals surface area contributed by atoms with E-state index in [1.807, 2.05) is 0 Å². The topological polar surface area (TPSA) is 86.1 Å². The van der Waals surface area contributed by atoms with E-state index in [1.165, 1.54) is 18.5 Å². The predicted molar refractivity (Wildman–Crippen MR) is 87.8 cm³/mol. The van der Waals surface area contributed by atoms with Gasteiger partial charge in [0.05, 0.1) is 19.1 Å². The summed E-state index contributed by atoms with van der Waals surface area (Å²) in [7, 11) is 0. The van der Waals surface area contributed by atoms with Crippen molar-refractivity contribution in [1.29, 1.82) is 0 Å². The Morgan fingerprint density at radius 3 is 2.72 bits per heavy atom. The minimum absolute atomic E-state index is 0.00567. The standard InChI is InChI=1S/C17H21FN4O3/c1-2-25-17(24)10-15(13-5-7-14(18)8-6-13)21-16(23)4-3-9-22-12-19-11-20-22/h5-8,11-12,15H,2-4,9-10H2,1H3,(H,21,23). The number of hydrogen-bond acceptors (Lipinski definition) is 5. The predicted octanol–water partition coefficient (Wildman–Crippen LogP) is 2.01. The van der Waals surface area contributed by atoms with E-state index in [0.29, 0.717) is 18.5 Å². The number of carbonyl (C=O) groups excluding carboxylic acids is 2. The zero-order valence-electron chi connectivity index (χ0n) is 14.0. The largest absolute Gasteiger partial charge is 0.466 e. The Bertz CT molecular complexity index is 674. The molecule has 1 aromatic carbocycles. The zero-order chi connectivity index (χ0) is 18.1. The fourth-order valence-electron chi connectivity index (χ4n) is 2.35. The van der Waals surface area contributed by atoms with Crippen molar-refractivity contribution < 1.29 is 18.7 Å². The molecule has 0 spiro atoms. The van der Waals surface area contributed by atoms with Crippen LogP contribution >= 0.6 is 0 Å². The first kappa shape index (κ1) is 18.6. The van der Waals surface area contributed by atoms with Crippen LogP contribution < -0.4 is 5.32 Å². The third kappa shape index (κ3) is 6.33. The second-order valence-corrected chi connectivity index (χ2v) is 5.44. The van der Waals surface area contributed by atoms with Gasteiger partial charge in [-0.25, -0.2) is 9.37 Å². The van der Waals surface area contributed by atoms with Gasteiger partial charge in [0.15, 0.2) is 0 Å². The second-order valence-electron chi connectivity index (χ2n) is 5.44. The van der Waals surface area contributed by atoms with Gasteiger partial charge in [-0.3, -0.25) is 14.3 Å². The maximum atomic E-state index is 13.1. The van der Waals surface area contributed by atoms with Crippen LogP contribution in [0.15, 0.2) is 36.9 Å². The van der Waals surface area contributed by atoms with Gasteiger partial charge in [0.25, 0.3) is 0 Å². The average Bonchev–Trinajstić information content (AvgIpc) is 3.08. The molecule has 0 saturated carbocycles. The number of nitrogens with zero attached hydrogens (tertiary/aromatic N) is 3. The summed E-state index contributed by atoms with van der Waals surface area (Å²) < 4.78 is 19.7. The van der Waals surface area contributed by atoms with Gasteiger partial charge >= 0.3 is 5.97 Å². The molecule has 1 aromatic heterocycles. The summed E-state index contributed by atoms with van der Waals surface area (Å²) in [5.41, 5.74) is 0.652. The van der Waals surface area contributed by atoms with E-state index in [0.717, 1.165) is 0 Å². The quantitative estimate of drug-likeness (QED) is 0.701. The number of ether oxygens (including phenoxy) is 1. The maximum Gasteiger partial charge on any atom is 0.308 e. The summed E-state index contributed by atoms with van der Waals surface area (Å²) in [4.78, 5) is 27.8. The highest BCUT2D eigenvalue weighted by molar-refractivity contribution is 5.78. The average molecular weight is 348 g/mol. The van der Waals surface area contributed by atoms with Gasteiger partial charge in [0.1, 0.15) is 18.5 Å². The Morgan fingerprint density at radius 2 is 2.08 bits per heavy atom. The minimum Gasteiger partial charge on any atom is -0.466 e. The Labute approximate surface area is 145 Å². The monoisotopic (exact) mass is 348 g/mol. The normalized spacial score (nSPS) is 11.8. The van der Waals surface area contributed by atoms with Crippen molar-refractivity contribution in [3.63, 3.8) is 0 Å². The van der Waals surface area contributed by atoms with Crippen molar-refractivity contribution in [3.05, 3.63) is 48.3 Å². The van der Waals surface area contributed by atoms with E-state index < -0.39 is 12.0 Å². The molecule has 8 heteroatoms. The van der Waals surface area contributed by atoms with E-state index in [4.69, 9.17) is 4.74 Å². The second kappa shape index (κ2) is 9.51. The molecule has 0 fully saturated rings. The van der Waals surface area contributed by atoms with Gasteiger partial charge in [-0.2, -0.15) is 5.10 Å². The van der Waals surface area contributed by atoms with E-state index in [2.05, 4.69) is 15.4 Å². The molecular formula is C17H21FN4O3. The molecule has 0 radical (unpaired) electrons. The van der Waals surface area contributed by atoms with E-state index in [1.54, 1.807) is 30.1 Å². The summed E-state index contributed by atoms with van der Waals surface area (Å²) in [5.74, 6) is -0.990. The highest BCUT2D eigenvalue weighted by Crippen LogP contribution is 2.18. The van der Waals surface area contributed by atoms with Gasteiger partial charge in [0.2, 0.25) is 5.91 Å². The molecule has 0 aliphatic heterocycles. The summed E-state index contributed by atoms with van der Waals surface area (Å²) in [6.45, 7) is 2.56. The summed E-state index contributed by atoms with van der Waals surface area (Å²) in [6, 6.07) is 5.14. The fraction of sp³-hybridized carbons (Fsp3) is 0.412. The first-order valence-electron chi connectivity index (χ1n) is 8.11. The molecular weight excluding hydrogens is 327 g/mol. The SMILES string of the molecule is CCOC(=O)CC(NC(=O)CCCn1cncn1)c1ccc(F)cc1. The number of rotatable bonds is 9. The summed E-state index contributed by atoms with van der Waals surface area (Å²) >= 11 is 0. The van der Waals surface area contributed by atoms with Crippen molar-refractivity contribution in [2.75, 3.05) is 6.61 Å². The highest BCUT2D eigenvalue weighted by Gasteiger charge is 2.19. The highest BCUT2D eigenvalue weighted by atomic mass is 19.1. The Morgan fingerprint density at radius 1 is 1.32 bits per heavy atom. The molecule has 1 amide bonds. The molecule has 2 rings (SSSR count). The number of benzene rings is 1. The lowest BCUT2D eigenvalue weighted by Gasteiger charge is -2.18. The molecule has 25 heavy (non-hydrogen) atoms. The maximum absolute atomic E-state index is 13.1. The molecule has 1 N–H and O–H groups in total. The molecule has 7 nitrogen and oxygen atoms in total. The number of esters is 1. The van der Waals surface area contributed by atoms with Gasteiger partial charge in [-0.05, 0) is 31.0 Å². The lowest BCUT2D eigenvalue weighted by molar-refractivity contribution is -0.143. The molecule has 1 atom stereocenters. The van der Waals surface area contributed by atoms with Crippen LogP contribution in [0.3, 0.4) is 0 Å². The van der Waals surface area contributed by atoms with Crippen LogP contribution in [0.25, 0.3) is 0 Å². The van der Waals surface area contributed by atoms with Gasteiger partial charge in [-0.1, -0.05) is 12.1 Å². The number of amides is 1. The van der Waals surface area contributed by atoms with Crippen molar-refractivity contribution >= 4 is 11.9 Å². The lowest BCUT2D eigenvalue weighted by atomic mass is 10.0. The third-order valence-electron chi connectivity index (χ3n) is 3.54. The van der Waals surface area contributed by atoms with Crippen molar-refractivity contribution in [1.82, 2.24) is 20.1 Å². The fourth-order valence-corrected chi connectivity index (χ4v) is 2.35. The van der Waals surface area contributed by atoms with E-state index in [-0.39, 0.29) is 31.2 Å². The van der Waals surface area contributed by atoms with Crippen LogP contribution in [0.4, 0.5) is 4.39 Å². The van der Waals surface area contributed by atoms with Crippen molar-refractivity contribution in [3.8, 4) is 0 Å². The smallest absolute Gasteiger partial charge is 0.308 e. The number of halogens is 1. The molecule has 1 heterocycles. The van der Waals surface area contributed by atoms with Crippen molar-refractivity contribution in [2.45, 2.75) is 38.8 Å². The lowest BCUT2D eigenvalue weighted by Crippen LogP contribution is -2.30. The molecule has 0 aliphatic carbocycles. The molecule has 134 valence electrons. The van der Waals surface area contributed by atoms with Crippen LogP contribution in [-0.4, -0.2) is 33.2 Å². The molecule has 0 bridgehead atoms. The van der Waals surface area contributed by atoms with Gasteiger partial charge in [0, 0.05) is 13.0 Å². The Hall–Kier alpha value is -2.77. The van der Waals surface area contributed by atoms with Gasteiger partial charge in [-0.15, -0.1) is 0 Å². The third-order valence-corrected chi connectivity index (χ3v) is 3.54. The van der Waals surface area contributed by atoms with Crippen LogP contribution in [0.5, 0.6) is 0 Å². The molecule has 0 aliphatic rings. The van der Waals surface area contributed by atoms with E-state index >= 15 is 0 Å². The Kier molecular flexibility index (Phi) is 7.06. The summed E-state index contributed by atoms with van der Waals surface area (Å²) in [6.07, 6.45) is 3.88. The molecule has 2 aromatic rings. The first-order chi connectivity index (χ1) is 12.1. The molecule has 1 unspecified atom stereocenters. The van der Waals surface area contributed by atoms with Crippen LogP contribution in [0, 0.1) is 5.82 Å². The minimum atomic E-state index is -0.557. The number of hydrogen-bond donors (Lipinski definition) is 1. The number of aryl methyl sites for hydroxylation is 1. The number of aromatic nitrogens is 3. The van der Waals surface area contributed by atoms with Crippen molar-refractivity contribution in [2.24, 2.45) is 0 Å². The number of nitrogens with one attached hydrogen (secondary N) is 1. The number of carbonyl (C=O) groups is 2. The van der Waals surface area contributed by atoms with Crippen LogP contribution in [-0.2, 0) is 20.9 Å². The van der Waals surface area contributed by atoms with Crippen LogP contribution in [0.2, 0.25) is 0 Å². The van der Waals surface area contributed by atoms with Gasteiger partial charge < -0.3 is 10.1 Å². The Balaban J connectivity index is 1.92. The zero-order valence-corrected chi connectivity index (χ0v) is 14.0. The summed E-state index contributed by atoms with van der Waals surface area (Å²) in [5, 5.41) is 6.78. The molecule has 0 saturated heterocycles. The first-order valence-corrected chi connectivity index (χ1v) is 8.11.